The molecule has 0 fully saturated rings. The average molecular weight is 417 g/mol. The molecule has 0 saturated carbocycles. The second-order valence-corrected chi connectivity index (χ2v) is 7.08. The molecule has 8 heteroatoms. The van der Waals surface area contributed by atoms with Gasteiger partial charge in [0.2, 0.25) is 0 Å². The second-order valence-electron chi connectivity index (χ2n) is 6.72. The molecule has 0 spiro atoms. The SMILES string of the molecule is CCOc1ccc(CN(C)Cn2nc(-c3ccccc3F)n(C)c2=S)cc1OC. The number of ether oxygens (including phenoxy) is 2. The molecule has 2 aromatic carbocycles. The number of nitrogens with zero attached hydrogens (tertiary/aromatic N) is 4. The van der Waals surface area contributed by atoms with Crippen LogP contribution in [0, 0.1) is 10.6 Å². The van der Waals surface area contributed by atoms with Crippen LogP contribution in [0.4, 0.5) is 4.39 Å². The predicted molar refractivity (Wildman–Crippen MR) is 113 cm³/mol. The van der Waals surface area contributed by atoms with Crippen molar-refractivity contribution in [2.75, 3.05) is 20.8 Å². The lowest BCUT2D eigenvalue weighted by Gasteiger charge is -2.18. The molecule has 0 bridgehead atoms. The van der Waals surface area contributed by atoms with Crippen LogP contribution in [0.5, 0.6) is 11.5 Å². The van der Waals surface area contributed by atoms with Crippen molar-refractivity contribution in [3.8, 4) is 22.9 Å². The van der Waals surface area contributed by atoms with Gasteiger partial charge in [-0.15, -0.1) is 0 Å². The van der Waals surface area contributed by atoms with Crippen molar-refractivity contribution in [1.82, 2.24) is 19.2 Å². The number of benzene rings is 2. The van der Waals surface area contributed by atoms with Crippen molar-refractivity contribution in [3.05, 3.63) is 58.6 Å². The van der Waals surface area contributed by atoms with E-state index in [9.17, 15) is 4.39 Å². The highest BCUT2D eigenvalue weighted by Crippen LogP contribution is 2.28. The molecule has 0 aliphatic rings. The van der Waals surface area contributed by atoms with E-state index in [-0.39, 0.29) is 5.82 Å². The first-order valence-corrected chi connectivity index (χ1v) is 9.72. The summed E-state index contributed by atoms with van der Waals surface area (Å²) in [7, 11) is 5.40. The lowest BCUT2D eigenvalue weighted by molar-refractivity contribution is 0.243. The molecule has 0 atom stereocenters. The van der Waals surface area contributed by atoms with E-state index >= 15 is 0 Å². The molecule has 0 aliphatic carbocycles. The Balaban J connectivity index is 1.78. The summed E-state index contributed by atoms with van der Waals surface area (Å²) in [6.07, 6.45) is 0. The van der Waals surface area contributed by atoms with E-state index in [0.29, 0.717) is 41.7 Å². The van der Waals surface area contributed by atoms with Crippen LogP contribution < -0.4 is 9.47 Å². The van der Waals surface area contributed by atoms with Gasteiger partial charge < -0.3 is 14.0 Å². The third-order valence-corrected chi connectivity index (χ3v) is 5.00. The summed E-state index contributed by atoms with van der Waals surface area (Å²) >= 11 is 5.50. The Morgan fingerprint density at radius 1 is 1.17 bits per heavy atom. The Morgan fingerprint density at radius 2 is 1.93 bits per heavy atom. The Kier molecular flexibility index (Phi) is 6.66. The fourth-order valence-corrected chi connectivity index (χ4v) is 3.32. The predicted octanol–water partition coefficient (Wildman–Crippen LogP) is 4.25. The summed E-state index contributed by atoms with van der Waals surface area (Å²) in [6, 6.07) is 12.4. The van der Waals surface area contributed by atoms with Crippen molar-refractivity contribution >= 4 is 12.2 Å². The fraction of sp³-hybridized carbons (Fsp3) is 0.333. The second kappa shape index (κ2) is 9.19. The fourth-order valence-electron chi connectivity index (χ4n) is 3.13. The lowest BCUT2D eigenvalue weighted by Crippen LogP contribution is -2.22. The number of hydrogen-bond acceptors (Lipinski definition) is 5. The summed E-state index contributed by atoms with van der Waals surface area (Å²) < 4.78 is 29.1. The van der Waals surface area contributed by atoms with Crippen LogP contribution in [-0.2, 0) is 20.3 Å². The maximum Gasteiger partial charge on any atom is 0.199 e. The standard InChI is InChI=1S/C21H25FN4O2S/c1-5-28-18-11-10-15(12-19(18)27-4)13-24(2)14-26-21(29)25(3)20(23-26)16-8-6-7-9-17(16)22/h6-12H,5,13-14H2,1-4H3. The Morgan fingerprint density at radius 3 is 2.62 bits per heavy atom. The van der Waals surface area contributed by atoms with Gasteiger partial charge in [-0.3, -0.25) is 4.90 Å². The quantitative estimate of drug-likeness (QED) is 0.514. The van der Waals surface area contributed by atoms with Gasteiger partial charge in [0.05, 0.1) is 25.9 Å². The molecular formula is C21H25FN4O2S. The van der Waals surface area contributed by atoms with Crippen LogP contribution in [0.15, 0.2) is 42.5 Å². The van der Waals surface area contributed by atoms with Gasteiger partial charge in [0.1, 0.15) is 5.82 Å². The average Bonchev–Trinajstić information content (AvgIpc) is 2.98. The van der Waals surface area contributed by atoms with Crippen molar-refractivity contribution in [2.24, 2.45) is 7.05 Å². The molecular weight excluding hydrogens is 391 g/mol. The molecule has 0 N–H and O–H groups in total. The van der Waals surface area contributed by atoms with Crippen molar-refractivity contribution < 1.29 is 13.9 Å². The zero-order valence-corrected chi connectivity index (χ0v) is 17.9. The minimum atomic E-state index is -0.322. The maximum atomic E-state index is 14.2. The van der Waals surface area contributed by atoms with Crippen molar-refractivity contribution in [2.45, 2.75) is 20.1 Å². The number of halogens is 1. The van der Waals surface area contributed by atoms with Gasteiger partial charge in [-0.25, -0.2) is 9.07 Å². The van der Waals surface area contributed by atoms with Crippen LogP contribution in [0.25, 0.3) is 11.4 Å². The molecule has 1 heterocycles. The van der Waals surface area contributed by atoms with Gasteiger partial charge in [-0.05, 0) is 56.0 Å². The summed E-state index contributed by atoms with van der Waals surface area (Å²) in [5, 5.41) is 4.54. The first kappa shape index (κ1) is 21.0. The van der Waals surface area contributed by atoms with Gasteiger partial charge in [0.15, 0.2) is 22.1 Å². The van der Waals surface area contributed by atoms with E-state index in [0.717, 1.165) is 11.3 Å². The van der Waals surface area contributed by atoms with E-state index in [1.54, 1.807) is 41.6 Å². The van der Waals surface area contributed by atoms with E-state index in [4.69, 9.17) is 21.7 Å². The zero-order valence-electron chi connectivity index (χ0n) is 17.1. The highest BCUT2D eigenvalue weighted by atomic mass is 32.1. The van der Waals surface area contributed by atoms with E-state index < -0.39 is 0 Å². The summed E-state index contributed by atoms with van der Waals surface area (Å²) in [5.41, 5.74) is 1.50. The molecule has 0 amide bonds. The number of aromatic nitrogens is 3. The summed E-state index contributed by atoms with van der Waals surface area (Å²) in [5.74, 6) is 1.61. The molecule has 29 heavy (non-hydrogen) atoms. The molecule has 0 radical (unpaired) electrons. The number of hydrogen-bond donors (Lipinski definition) is 0. The highest BCUT2D eigenvalue weighted by Gasteiger charge is 2.15. The maximum absolute atomic E-state index is 14.2. The molecule has 0 aliphatic heterocycles. The minimum Gasteiger partial charge on any atom is -0.493 e. The first-order chi connectivity index (χ1) is 13.9. The first-order valence-electron chi connectivity index (χ1n) is 9.31. The monoisotopic (exact) mass is 416 g/mol. The molecule has 3 rings (SSSR count). The zero-order chi connectivity index (χ0) is 21.0. The number of rotatable bonds is 8. The normalized spacial score (nSPS) is 11.1. The Bertz CT molecular complexity index is 1050. The van der Waals surface area contributed by atoms with Crippen LogP contribution >= 0.6 is 12.2 Å². The van der Waals surface area contributed by atoms with Gasteiger partial charge in [0.25, 0.3) is 0 Å². The summed E-state index contributed by atoms with van der Waals surface area (Å²) in [4.78, 5) is 2.07. The molecule has 1 aromatic heterocycles. The van der Waals surface area contributed by atoms with E-state index in [2.05, 4.69) is 10.00 Å². The van der Waals surface area contributed by atoms with Crippen molar-refractivity contribution in [1.29, 1.82) is 0 Å². The molecule has 0 unspecified atom stereocenters. The highest BCUT2D eigenvalue weighted by molar-refractivity contribution is 7.71. The largest absolute Gasteiger partial charge is 0.493 e. The van der Waals surface area contributed by atoms with Gasteiger partial charge in [-0.2, -0.15) is 5.10 Å². The molecule has 0 saturated heterocycles. The smallest absolute Gasteiger partial charge is 0.199 e. The van der Waals surface area contributed by atoms with Gasteiger partial charge >= 0.3 is 0 Å². The Labute approximate surface area is 175 Å². The third kappa shape index (κ3) is 4.65. The molecule has 154 valence electrons. The van der Waals surface area contributed by atoms with E-state index in [1.165, 1.54) is 6.07 Å². The minimum absolute atomic E-state index is 0.322. The van der Waals surface area contributed by atoms with Crippen LogP contribution in [0.1, 0.15) is 12.5 Å². The van der Waals surface area contributed by atoms with Crippen LogP contribution in [0.2, 0.25) is 0 Å². The third-order valence-electron chi connectivity index (χ3n) is 4.51. The van der Waals surface area contributed by atoms with Crippen molar-refractivity contribution in [3.63, 3.8) is 0 Å². The molecule has 3 aromatic rings. The molecule has 6 nitrogen and oxygen atoms in total. The van der Waals surface area contributed by atoms with Crippen LogP contribution in [0.3, 0.4) is 0 Å². The van der Waals surface area contributed by atoms with Gasteiger partial charge in [0, 0.05) is 13.6 Å². The number of methoxy groups -OCH3 is 1. The lowest BCUT2D eigenvalue weighted by atomic mass is 10.2. The summed E-state index contributed by atoms with van der Waals surface area (Å²) in [6.45, 7) is 3.65. The topological polar surface area (TPSA) is 44.5 Å². The van der Waals surface area contributed by atoms with Crippen LogP contribution in [-0.4, -0.2) is 40.0 Å². The Hall–Kier alpha value is -2.71. The van der Waals surface area contributed by atoms with E-state index in [1.807, 2.05) is 32.2 Å². The van der Waals surface area contributed by atoms with Gasteiger partial charge in [-0.1, -0.05) is 18.2 Å².